The van der Waals surface area contributed by atoms with Gasteiger partial charge in [-0.25, -0.2) is 33.6 Å². The lowest BCUT2D eigenvalue weighted by Crippen LogP contribution is -2.35. The van der Waals surface area contributed by atoms with Crippen molar-refractivity contribution in [3.63, 3.8) is 0 Å². The fraction of sp³-hybridized carbons (Fsp3) is 0.333. The van der Waals surface area contributed by atoms with Crippen LogP contribution in [0.1, 0.15) is 31.9 Å². The van der Waals surface area contributed by atoms with E-state index in [9.17, 15) is 19.1 Å². The zero-order valence-electron chi connectivity index (χ0n) is 22.1. The van der Waals surface area contributed by atoms with Crippen molar-refractivity contribution in [1.29, 1.82) is 0 Å². The predicted octanol–water partition coefficient (Wildman–Crippen LogP) is 4.49. The molecule has 12 heteroatoms. The Morgan fingerprint density at radius 3 is 2.44 bits per heavy atom. The minimum Gasteiger partial charge on any atom is -0.465 e. The van der Waals surface area contributed by atoms with E-state index in [0.717, 1.165) is 0 Å². The maximum absolute atomic E-state index is 14.4. The van der Waals surface area contributed by atoms with Crippen molar-refractivity contribution in [2.24, 2.45) is 0 Å². The molecule has 39 heavy (non-hydrogen) atoms. The Bertz CT molecular complexity index is 1470. The molecule has 0 atom stereocenters. The van der Waals surface area contributed by atoms with Crippen LogP contribution in [0.4, 0.5) is 19.8 Å². The summed E-state index contributed by atoms with van der Waals surface area (Å²) in [7, 11) is 0. The summed E-state index contributed by atoms with van der Waals surface area (Å²) in [6.45, 7) is 7.23. The van der Waals surface area contributed by atoms with E-state index >= 15 is 0 Å². The molecule has 3 amide bonds. The summed E-state index contributed by atoms with van der Waals surface area (Å²) >= 11 is 0. The summed E-state index contributed by atoms with van der Waals surface area (Å²) in [4.78, 5) is 40.9. The van der Waals surface area contributed by atoms with E-state index < -0.39 is 6.09 Å². The number of carbonyl (C=O) groups is 2. The highest BCUT2D eigenvalue weighted by atomic mass is 19.1. The second-order valence-electron chi connectivity index (χ2n) is 8.75. The number of urea groups is 1. The summed E-state index contributed by atoms with van der Waals surface area (Å²) < 4.78 is 16.0. The number of anilines is 1. The van der Waals surface area contributed by atoms with Gasteiger partial charge in [-0.1, -0.05) is 18.2 Å². The minimum absolute atomic E-state index is 0.159. The van der Waals surface area contributed by atoms with Crippen LogP contribution in [0.2, 0.25) is 0 Å². The van der Waals surface area contributed by atoms with Gasteiger partial charge in [0, 0.05) is 49.7 Å². The molecule has 0 saturated carbocycles. The molecule has 11 nitrogen and oxygen atoms in total. The Labute approximate surface area is 225 Å². The molecule has 0 aliphatic heterocycles. The van der Waals surface area contributed by atoms with E-state index in [1.165, 1.54) is 11.0 Å². The van der Waals surface area contributed by atoms with Crippen LogP contribution < -0.4 is 5.32 Å². The van der Waals surface area contributed by atoms with Gasteiger partial charge in [0.1, 0.15) is 17.3 Å². The predicted molar refractivity (Wildman–Crippen MR) is 145 cm³/mol. The van der Waals surface area contributed by atoms with Gasteiger partial charge in [0.25, 0.3) is 0 Å². The van der Waals surface area contributed by atoms with E-state index in [4.69, 9.17) is 0 Å². The molecule has 4 aromatic rings. The Morgan fingerprint density at radius 1 is 1.00 bits per heavy atom. The highest BCUT2D eigenvalue weighted by Gasteiger charge is 2.21. The maximum Gasteiger partial charge on any atom is 0.407 e. The van der Waals surface area contributed by atoms with Gasteiger partial charge in [0.2, 0.25) is 0 Å². The number of benzene rings is 1. The molecule has 0 fully saturated rings. The van der Waals surface area contributed by atoms with Crippen LogP contribution in [0.25, 0.3) is 22.6 Å². The Morgan fingerprint density at radius 2 is 1.74 bits per heavy atom. The number of nitrogens with zero attached hydrogens (tertiary/aromatic N) is 7. The first-order valence-corrected chi connectivity index (χ1v) is 12.8. The number of aromatic nitrogens is 5. The summed E-state index contributed by atoms with van der Waals surface area (Å²) in [6, 6.07) is 9.75. The molecule has 1 aromatic carbocycles. The number of likely N-dealkylation sites (N-methyl/N-ethyl adjacent to an activating group) is 1. The number of hydrogen-bond donors (Lipinski definition) is 2. The molecule has 0 aliphatic carbocycles. The van der Waals surface area contributed by atoms with Crippen molar-refractivity contribution in [2.45, 2.75) is 33.7 Å². The lowest BCUT2D eigenvalue weighted by Gasteiger charge is -2.21. The van der Waals surface area contributed by atoms with Crippen LogP contribution in [0.3, 0.4) is 0 Å². The van der Waals surface area contributed by atoms with E-state index in [1.54, 1.807) is 53.2 Å². The van der Waals surface area contributed by atoms with Crippen molar-refractivity contribution in [3.8, 4) is 11.5 Å². The monoisotopic (exact) mass is 534 g/mol. The third-order valence-corrected chi connectivity index (χ3v) is 6.44. The SMILES string of the molecule is CCN(CCc1cnc(-c2nn(Cc3ccccc3F)c3ncccc23)nc1NC(=O)N(CC)CC)C(=O)O. The van der Waals surface area contributed by atoms with E-state index in [0.29, 0.717) is 53.9 Å². The lowest BCUT2D eigenvalue weighted by molar-refractivity contribution is 0.148. The Kier molecular flexibility index (Phi) is 8.64. The molecule has 0 bridgehead atoms. The van der Waals surface area contributed by atoms with E-state index in [2.05, 4.69) is 25.4 Å². The Hall–Kier alpha value is -4.61. The zero-order valence-corrected chi connectivity index (χ0v) is 22.1. The molecule has 2 N–H and O–H groups in total. The molecule has 0 saturated heterocycles. The number of nitrogens with one attached hydrogen (secondary N) is 1. The number of fused-ring (bicyclic) bond motifs is 1. The molecule has 3 aromatic heterocycles. The second kappa shape index (κ2) is 12.3. The smallest absolute Gasteiger partial charge is 0.407 e. The number of carboxylic acid groups (broad SMARTS) is 1. The van der Waals surface area contributed by atoms with Gasteiger partial charge in [-0.15, -0.1) is 0 Å². The first-order chi connectivity index (χ1) is 18.9. The van der Waals surface area contributed by atoms with Gasteiger partial charge >= 0.3 is 12.1 Å². The number of rotatable bonds is 10. The van der Waals surface area contributed by atoms with Crippen molar-refractivity contribution in [3.05, 3.63) is 65.7 Å². The molecule has 0 aliphatic rings. The van der Waals surface area contributed by atoms with Gasteiger partial charge in [0.05, 0.1) is 11.9 Å². The van der Waals surface area contributed by atoms with Gasteiger partial charge in [-0.05, 0) is 45.4 Å². The van der Waals surface area contributed by atoms with Crippen LogP contribution in [-0.2, 0) is 13.0 Å². The highest BCUT2D eigenvalue weighted by Crippen LogP contribution is 2.27. The quantitative estimate of drug-likeness (QED) is 0.307. The largest absolute Gasteiger partial charge is 0.465 e. The molecule has 0 spiro atoms. The number of carbonyl (C=O) groups excluding carboxylic acids is 1. The van der Waals surface area contributed by atoms with Gasteiger partial charge in [-0.2, -0.15) is 5.10 Å². The van der Waals surface area contributed by atoms with Crippen molar-refractivity contribution in [2.75, 3.05) is 31.5 Å². The molecular weight excluding hydrogens is 503 g/mol. The average Bonchev–Trinajstić information content (AvgIpc) is 3.30. The van der Waals surface area contributed by atoms with Crippen LogP contribution in [0.5, 0.6) is 0 Å². The second-order valence-corrected chi connectivity index (χ2v) is 8.75. The summed E-state index contributed by atoms with van der Waals surface area (Å²) in [5.41, 5.74) is 2.02. The number of halogens is 1. The average molecular weight is 535 g/mol. The summed E-state index contributed by atoms with van der Waals surface area (Å²) in [6.07, 6.45) is 2.49. The normalized spacial score (nSPS) is 11.0. The third-order valence-electron chi connectivity index (χ3n) is 6.44. The summed E-state index contributed by atoms with van der Waals surface area (Å²) in [5.74, 6) is 0.187. The van der Waals surface area contributed by atoms with E-state index in [1.807, 2.05) is 19.9 Å². The number of pyridine rings is 1. The van der Waals surface area contributed by atoms with Gasteiger partial charge in [0.15, 0.2) is 11.5 Å². The molecule has 204 valence electrons. The fourth-order valence-electron chi connectivity index (χ4n) is 4.22. The molecular formula is C27H31FN8O3. The van der Waals surface area contributed by atoms with Gasteiger partial charge in [-0.3, -0.25) is 5.32 Å². The van der Waals surface area contributed by atoms with Crippen LogP contribution in [0, 0.1) is 5.82 Å². The number of amides is 3. The summed E-state index contributed by atoms with van der Waals surface area (Å²) in [5, 5.41) is 17.6. The van der Waals surface area contributed by atoms with Crippen LogP contribution in [-0.4, -0.2) is 77.9 Å². The standard InChI is InChI=1S/C27H31FN8O3/c1-4-34(5-2)26(37)32-23-18(13-15-35(6-3)27(38)39)16-30-24(31-23)22-20-11-9-14-29-25(20)36(33-22)17-19-10-7-8-12-21(19)28/h7-12,14,16H,4-6,13,15,17H2,1-3H3,(H,38,39)(H,30,31,32,37). The lowest BCUT2D eigenvalue weighted by atomic mass is 10.2. The molecule has 4 rings (SSSR count). The van der Waals surface area contributed by atoms with Crippen LogP contribution in [0.15, 0.2) is 48.8 Å². The van der Waals surface area contributed by atoms with Crippen molar-refractivity contribution < 1.29 is 19.1 Å². The fourth-order valence-corrected chi connectivity index (χ4v) is 4.22. The van der Waals surface area contributed by atoms with Crippen molar-refractivity contribution >= 4 is 29.0 Å². The third kappa shape index (κ3) is 6.11. The number of hydrogen-bond acceptors (Lipinski definition) is 6. The van der Waals surface area contributed by atoms with E-state index in [-0.39, 0.29) is 36.6 Å². The first-order valence-electron chi connectivity index (χ1n) is 12.8. The zero-order chi connectivity index (χ0) is 27.9. The highest BCUT2D eigenvalue weighted by molar-refractivity contribution is 5.91. The van der Waals surface area contributed by atoms with Crippen molar-refractivity contribution in [1.82, 2.24) is 34.5 Å². The van der Waals surface area contributed by atoms with Crippen LogP contribution >= 0.6 is 0 Å². The minimum atomic E-state index is -1.02. The topological polar surface area (TPSA) is 129 Å². The molecule has 0 radical (unpaired) electrons. The first kappa shape index (κ1) is 27.4. The van der Waals surface area contributed by atoms with Gasteiger partial charge < -0.3 is 14.9 Å². The maximum atomic E-state index is 14.4. The molecule has 3 heterocycles. The Balaban J connectivity index is 1.75. The molecule has 0 unspecified atom stereocenters.